The van der Waals surface area contributed by atoms with Gasteiger partial charge in [0, 0.05) is 50.2 Å². The number of hydrogen-bond acceptors (Lipinski definition) is 4. The zero-order chi connectivity index (χ0) is 19.2. The molecule has 27 heavy (non-hydrogen) atoms. The zero-order valence-corrected chi connectivity index (χ0v) is 15.2. The molecule has 3 rings (SSSR count). The fourth-order valence-corrected chi connectivity index (χ4v) is 3.08. The number of pyridine rings is 1. The molecule has 1 fully saturated rings. The van der Waals surface area contributed by atoms with Crippen molar-refractivity contribution in [1.82, 2.24) is 14.8 Å². The lowest BCUT2D eigenvalue weighted by Crippen LogP contribution is -2.48. The molecule has 140 valence electrons. The average Bonchev–Trinajstić information content (AvgIpc) is 2.74. The average molecular weight is 366 g/mol. The summed E-state index contributed by atoms with van der Waals surface area (Å²) in [4.78, 5) is 45.6. The first-order valence-electron chi connectivity index (χ1n) is 8.95. The predicted molar refractivity (Wildman–Crippen MR) is 102 cm³/mol. The summed E-state index contributed by atoms with van der Waals surface area (Å²) in [5, 5.41) is 0. The molecule has 0 spiro atoms. The summed E-state index contributed by atoms with van der Waals surface area (Å²) in [6.07, 6.45) is 2.29. The Morgan fingerprint density at radius 1 is 1.11 bits per heavy atom. The molecule has 7 nitrogen and oxygen atoms in total. The van der Waals surface area contributed by atoms with Crippen LogP contribution in [-0.2, 0) is 4.79 Å². The minimum Gasteiger partial charge on any atom is -0.342 e. The summed E-state index contributed by atoms with van der Waals surface area (Å²) < 4.78 is 0. The van der Waals surface area contributed by atoms with Crippen molar-refractivity contribution in [2.75, 3.05) is 37.6 Å². The largest absolute Gasteiger partial charge is 0.342 e. The lowest BCUT2D eigenvalue weighted by atomic mass is 10.1. The van der Waals surface area contributed by atoms with E-state index in [2.05, 4.69) is 4.98 Å². The number of anilines is 1. The number of piperazine rings is 1. The summed E-state index contributed by atoms with van der Waals surface area (Å²) in [6, 6.07) is 12.5. The second kappa shape index (κ2) is 8.44. The Morgan fingerprint density at radius 3 is 2.44 bits per heavy atom. The zero-order valence-electron chi connectivity index (χ0n) is 15.2. The first-order chi connectivity index (χ1) is 13.1. The van der Waals surface area contributed by atoms with E-state index in [9.17, 15) is 14.4 Å². The maximum Gasteiger partial charge on any atom is 0.276 e. The lowest BCUT2D eigenvalue weighted by molar-refractivity contribution is -0.119. The molecule has 0 bridgehead atoms. The first-order valence-corrected chi connectivity index (χ1v) is 8.95. The van der Waals surface area contributed by atoms with Crippen LogP contribution < -0.4 is 4.90 Å². The van der Waals surface area contributed by atoms with Gasteiger partial charge in [-0.05, 0) is 31.2 Å². The summed E-state index contributed by atoms with van der Waals surface area (Å²) in [6.45, 7) is 4.39. The molecule has 1 saturated heterocycles. The Hall–Kier alpha value is -3.22. The van der Waals surface area contributed by atoms with E-state index in [1.165, 1.54) is 6.20 Å². The van der Waals surface area contributed by atoms with Gasteiger partial charge in [0.05, 0.1) is 0 Å². The van der Waals surface area contributed by atoms with Gasteiger partial charge in [0.2, 0.25) is 6.41 Å². The monoisotopic (exact) mass is 366 g/mol. The van der Waals surface area contributed by atoms with Gasteiger partial charge >= 0.3 is 0 Å². The Morgan fingerprint density at radius 2 is 1.81 bits per heavy atom. The summed E-state index contributed by atoms with van der Waals surface area (Å²) in [7, 11) is 0. The number of rotatable bonds is 5. The molecule has 3 amide bonds. The minimum absolute atomic E-state index is 0.153. The van der Waals surface area contributed by atoms with Crippen molar-refractivity contribution < 1.29 is 14.4 Å². The molecule has 1 aliphatic heterocycles. The van der Waals surface area contributed by atoms with Crippen LogP contribution in [0.3, 0.4) is 0 Å². The molecule has 0 radical (unpaired) electrons. The smallest absolute Gasteiger partial charge is 0.276 e. The normalized spacial score (nSPS) is 14.0. The Bertz CT molecular complexity index is 817. The van der Waals surface area contributed by atoms with Crippen LogP contribution in [0.2, 0.25) is 0 Å². The predicted octanol–water partition coefficient (Wildman–Crippen LogP) is 1.66. The van der Waals surface area contributed by atoms with Crippen LogP contribution in [0.1, 0.15) is 27.8 Å². The van der Waals surface area contributed by atoms with Crippen LogP contribution in [0.4, 0.5) is 5.69 Å². The highest BCUT2D eigenvalue weighted by Crippen LogP contribution is 2.17. The minimum atomic E-state index is -0.246. The Kier molecular flexibility index (Phi) is 5.80. The molecule has 1 aromatic heterocycles. The SMILES string of the molecule is CCN(C(=O)c1cc(C(=O)N2CCN(C=O)CC2)ccn1)c1ccccc1. The van der Waals surface area contributed by atoms with Crippen molar-refractivity contribution >= 4 is 23.9 Å². The number of nitrogens with zero attached hydrogens (tertiary/aromatic N) is 4. The number of carbonyl (C=O) groups is 3. The third kappa shape index (κ3) is 4.13. The molecule has 0 unspecified atom stereocenters. The molecular weight excluding hydrogens is 344 g/mol. The number of amides is 3. The fraction of sp³-hybridized carbons (Fsp3) is 0.300. The van der Waals surface area contributed by atoms with E-state index in [1.54, 1.807) is 26.8 Å². The topological polar surface area (TPSA) is 73.8 Å². The van der Waals surface area contributed by atoms with Crippen LogP contribution in [0, 0.1) is 0 Å². The Labute approximate surface area is 158 Å². The van der Waals surface area contributed by atoms with Crippen LogP contribution in [-0.4, -0.2) is 65.7 Å². The summed E-state index contributed by atoms with van der Waals surface area (Å²) in [5.41, 5.74) is 1.45. The van der Waals surface area contributed by atoms with E-state index in [-0.39, 0.29) is 17.5 Å². The van der Waals surface area contributed by atoms with E-state index < -0.39 is 0 Å². The second-order valence-electron chi connectivity index (χ2n) is 6.25. The van der Waals surface area contributed by atoms with Gasteiger partial charge in [-0.25, -0.2) is 0 Å². The van der Waals surface area contributed by atoms with Crippen molar-refractivity contribution in [2.24, 2.45) is 0 Å². The number of carbonyl (C=O) groups excluding carboxylic acids is 3. The van der Waals surface area contributed by atoms with E-state index in [4.69, 9.17) is 0 Å². The van der Waals surface area contributed by atoms with E-state index in [0.29, 0.717) is 38.3 Å². The molecule has 1 aromatic carbocycles. The molecule has 0 aliphatic carbocycles. The van der Waals surface area contributed by atoms with Crippen molar-refractivity contribution in [3.8, 4) is 0 Å². The molecule has 0 N–H and O–H groups in total. The lowest BCUT2D eigenvalue weighted by Gasteiger charge is -2.32. The van der Waals surface area contributed by atoms with Crippen molar-refractivity contribution in [2.45, 2.75) is 6.92 Å². The van der Waals surface area contributed by atoms with Gasteiger partial charge in [-0.15, -0.1) is 0 Å². The third-order valence-corrected chi connectivity index (χ3v) is 4.61. The first kappa shape index (κ1) is 18.6. The molecule has 1 aliphatic rings. The number of hydrogen-bond donors (Lipinski definition) is 0. The van der Waals surface area contributed by atoms with Gasteiger partial charge in [0.1, 0.15) is 5.69 Å². The molecule has 7 heteroatoms. The number of para-hydroxylation sites is 1. The Balaban J connectivity index is 1.77. The van der Waals surface area contributed by atoms with Gasteiger partial charge in [0.15, 0.2) is 0 Å². The maximum absolute atomic E-state index is 12.9. The van der Waals surface area contributed by atoms with Crippen molar-refractivity contribution in [3.63, 3.8) is 0 Å². The number of benzene rings is 1. The van der Waals surface area contributed by atoms with Gasteiger partial charge in [0.25, 0.3) is 11.8 Å². The van der Waals surface area contributed by atoms with Crippen LogP contribution in [0.25, 0.3) is 0 Å². The standard InChI is InChI=1S/C20H22N4O3/c1-2-24(17-6-4-3-5-7-17)20(27)18-14-16(8-9-21-18)19(26)23-12-10-22(15-25)11-13-23/h3-9,14-15H,2,10-13H2,1H3. The van der Waals surface area contributed by atoms with E-state index >= 15 is 0 Å². The second-order valence-corrected chi connectivity index (χ2v) is 6.25. The molecular formula is C20H22N4O3. The molecule has 0 saturated carbocycles. The van der Waals surface area contributed by atoms with Crippen LogP contribution >= 0.6 is 0 Å². The third-order valence-electron chi connectivity index (χ3n) is 4.61. The van der Waals surface area contributed by atoms with Gasteiger partial charge < -0.3 is 14.7 Å². The molecule has 2 aromatic rings. The van der Waals surface area contributed by atoms with Crippen molar-refractivity contribution in [3.05, 3.63) is 59.9 Å². The molecule has 0 atom stereocenters. The quantitative estimate of drug-likeness (QED) is 0.755. The van der Waals surface area contributed by atoms with Gasteiger partial charge in [-0.2, -0.15) is 0 Å². The summed E-state index contributed by atoms with van der Waals surface area (Å²) in [5.74, 6) is -0.399. The van der Waals surface area contributed by atoms with E-state index in [1.807, 2.05) is 37.3 Å². The van der Waals surface area contributed by atoms with Crippen molar-refractivity contribution in [1.29, 1.82) is 0 Å². The van der Waals surface area contributed by atoms with Crippen LogP contribution in [0.15, 0.2) is 48.7 Å². The molecule has 2 heterocycles. The van der Waals surface area contributed by atoms with Gasteiger partial charge in [-0.1, -0.05) is 18.2 Å². The highest BCUT2D eigenvalue weighted by Gasteiger charge is 2.23. The highest BCUT2D eigenvalue weighted by atomic mass is 16.2. The van der Waals surface area contributed by atoms with E-state index in [0.717, 1.165) is 12.1 Å². The van der Waals surface area contributed by atoms with Crippen LogP contribution in [0.5, 0.6) is 0 Å². The number of aromatic nitrogens is 1. The maximum atomic E-state index is 12.9. The van der Waals surface area contributed by atoms with Gasteiger partial charge in [-0.3, -0.25) is 19.4 Å². The highest BCUT2D eigenvalue weighted by molar-refractivity contribution is 6.06. The summed E-state index contributed by atoms with van der Waals surface area (Å²) >= 11 is 0. The fourth-order valence-electron chi connectivity index (χ4n) is 3.08.